The molecule has 1 saturated carbocycles. The van der Waals surface area contributed by atoms with Crippen molar-refractivity contribution in [2.75, 3.05) is 26.2 Å². The lowest BCUT2D eigenvalue weighted by atomic mass is 9.92. The van der Waals surface area contributed by atoms with Gasteiger partial charge in [-0.1, -0.05) is 12.8 Å². The lowest BCUT2D eigenvalue weighted by molar-refractivity contribution is -0.142. The van der Waals surface area contributed by atoms with Crippen LogP contribution in [0.5, 0.6) is 0 Å². The van der Waals surface area contributed by atoms with Crippen LogP contribution in [0.25, 0.3) is 0 Å². The van der Waals surface area contributed by atoms with Crippen molar-refractivity contribution >= 4 is 30.3 Å². The predicted molar refractivity (Wildman–Crippen MR) is 99.0 cm³/mol. The average Bonchev–Trinajstić information content (AvgIpc) is 3.26. The first kappa shape index (κ1) is 19.4. The molecule has 8 heteroatoms. The van der Waals surface area contributed by atoms with E-state index in [-0.39, 0.29) is 24.2 Å². The third kappa shape index (κ3) is 3.09. The summed E-state index contributed by atoms with van der Waals surface area (Å²) in [6.07, 6.45) is 5.28. The number of hydrogen-bond donors (Lipinski definition) is 2. The van der Waals surface area contributed by atoms with Gasteiger partial charge >= 0.3 is 6.03 Å². The number of nitrogens with one attached hydrogen (secondary N) is 2. The third-order valence-corrected chi connectivity index (χ3v) is 6.73. The number of hydrogen-bond acceptors (Lipinski definition) is 4. The standard InChI is InChI=1S/C18H28N4O3.ClH/c1-12(22-16(24)18(20-17(22)25)6-2-3-7-18)15(23)21-8-4-13-10-19-11-14(13)5-9-21;/h12-14,19H,2-11H2,1H3,(H,20,25);1H/t12?,13-,14+;. The number of urea groups is 1. The maximum absolute atomic E-state index is 13.0. The van der Waals surface area contributed by atoms with E-state index in [0.29, 0.717) is 24.7 Å². The first-order valence-corrected chi connectivity index (χ1v) is 9.67. The van der Waals surface area contributed by atoms with Crippen LogP contribution in [-0.2, 0) is 9.59 Å². The van der Waals surface area contributed by atoms with E-state index in [1.165, 1.54) is 4.90 Å². The first-order valence-electron chi connectivity index (χ1n) is 9.67. The molecule has 2 N–H and O–H groups in total. The Morgan fingerprint density at radius 1 is 1.12 bits per heavy atom. The smallest absolute Gasteiger partial charge is 0.325 e. The topological polar surface area (TPSA) is 81.8 Å². The van der Waals surface area contributed by atoms with Gasteiger partial charge in [-0.15, -0.1) is 12.4 Å². The van der Waals surface area contributed by atoms with Crippen LogP contribution >= 0.6 is 12.4 Å². The molecule has 1 unspecified atom stereocenters. The summed E-state index contributed by atoms with van der Waals surface area (Å²) in [5, 5.41) is 6.30. The summed E-state index contributed by atoms with van der Waals surface area (Å²) < 4.78 is 0. The second-order valence-electron chi connectivity index (χ2n) is 8.15. The maximum Gasteiger partial charge on any atom is 0.325 e. The summed E-state index contributed by atoms with van der Waals surface area (Å²) in [5.74, 6) is 0.997. The molecule has 3 heterocycles. The Morgan fingerprint density at radius 2 is 1.69 bits per heavy atom. The van der Waals surface area contributed by atoms with E-state index in [9.17, 15) is 14.4 Å². The second kappa shape index (κ2) is 7.35. The highest BCUT2D eigenvalue weighted by Crippen LogP contribution is 2.36. The van der Waals surface area contributed by atoms with E-state index in [4.69, 9.17) is 0 Å². The van der Waals surface area contributed by atoms with Crippen LogP contribution in [0.3, 0.4) is 0 Å². The molecule has 1 aliphatic carbocycles. The molecule has 26 heavy (non-hydrogen) atoms. The highest BCUT2D eigenvalue weighted by Gasteiger charge is 2.54. The number of carbonyl (C=O) groups excluding carboxylic acids is 3. The number of likely N-dealkylation sites (tertiary alicyclic amines) is 1. The Morgan fingerprint density at radius 3 is 2.27 bits per heavy atom. The Hall–Kier alpha value is -1.34. The number of rotatable bonds is 2. The van der Waals surface area contributed by atoms with Gasteiger partial charge in [-0.25, -0.2) is 9.69 Å². The number of fused-ring (bicyclic) bond motifs is 1. The van der Waals surface area contributed by atoms with Gasteiger partial charge in [0, 0.05) is 13.1 Å². The molecule has 7 nitrogen and oxygen atoms in total. The van der Waals surface area contributed by atoms with Crippen LogP contribution in [0.4, 0.5) is 4.79 Å². The van der Waals surface area contributed by atoms with Crippen molar-refractivity contribution in [2.24, 2.45) is 11.8 Å². The molecule has 0 aromatic rings. The van der Waals surface area contributed by atoms with Gasteiger partial charge in [0.15, 0.2) is 0 Å². The monoisotopic (exact) mass is 384 g/mol. The normalized spacial score (nSPS) is 31.4. The van der Waals surface area contributed by atoms with E-state index in [1.807, 2.05) is 4.90 Å². The summed E-state index contributed by atoms with van der Waals surface area (Å²) in [4.78, 5) is 41.3. The highest BCUT2D eigenvalue weighted by atomic mass is 35.5. The summed E-state index contributed by atoms with van der Waals surface area (Å²) >= 11 is 0. The van der Waals surface area contributed by atoms with Crippen molar-refractivity contribution in [3.8, 4) is 0 Å². The molecule has 0 aromatic heterocycles. The van der Waals surface area contributed by atoms with Crippen molar-refractivity contribution in [3.63, 3.8) is 0 Å². The summed E-state index contributed by atoms with van der Waals surface area (Å²) in [5.41, 5.74) is -0.743. The molecular weight excluding hydrogens is 356 g/mol. The summed E-state index contributed by atoms with van der Waals surface area (Å²) in [6, 6.07) is -1.12. The van der Waals surface area contributed by atoms with Crippen LogP contribution in [0.15, 0.2) is 0 Å². The Bertz CT molecular complexity index is 579. The van der Waals surface area contributed by atoms with Gasteiger partial charge in [0.25, 0.3) is 5.91 Å². The molecule has 3 saturated heterocycles. The first-order chi connectivity index (χ1) is 12.0. The fourth-order valence-electron chi connectivity index (χ4n) is 5.12. The van der Waals surface area contributed by atoms with Crippen LogP contribution in [0, 0.1) is 11.8 Å². The van der Waals surface area contributed by atoms with E-state index in [0.717, 1.165) is 51.9 Å². The number of halogens is 1. The zero-order valence-corrected chi connectivity index (χ0v) is 16.1. The molecule has 3 aliphatic heterocycles. The van der Waals surface area contributed by atoms with Crippen molar-refractivity contribution in [3.05, 3.63) is 0 Å². The lowest BCUT2D eigenvalue weighted by Crippen LogP contribution is -2.51. The van der Waals surface area contributed by atoms with Gasteiger partial charge in [-0.05, 0) is 57.5 Å². The van der Waals surface area contributed by atoms with Crippen molar-refractivity contribution in [1.29, 1.82) is 0 Å². The zero-order valence-electron chi connectivity index (χ0n) is 15.3. The summed E-state index contributed by atoms with van der Waals surface area (Å²) in [7, 11) is 0. The molecule has 3 atom stereocenters. The Kier molecular flexibility index (Phi) is 5.49. The molecule has 1 spiro atoms. The number of imide groups is 1. The highest BCUT2D eigenvalue weighted by molar-refractivity contribution is 6.09. The third-order valence-electron chi connectivity index (χ3n) is 6.73. The number of carbonyl (C=O) groups is 3. The van der Waals surface area contributed by atoms with Gasteiger partial charge < -0.3 is 15.5 Å². The van der Waals surface area contributed by atoms with Crippen LogP contribution in [0.1, 0.15) is 45.4 Å². The van der Waals surface area contributed by atoms with Crippen molar-refractivity contribution in [2.45, 2.75) is 57.0 Å². The molecule has 4 rings (SSSR count). The SMILES string of the molecule is CC(C(=O)N1CC[C@@H]2CNC[C@@H]2CC1)N1C(=O)NC2(CCCC2)C1=O.Cl. The molecule has 4 fully saturated rings. The van der Waals surface area contributed by atoms with Gasteiger partial charge in [-0.3, -0.25) is 9.59 Å². The molecule has 0 aromatic carbocycles. The summed E-state index contributed by atoms with van der Waals surface area (Å²) in [6.45, 7) is 5.22. The van der Waals surface area contributed by atoms with Gasteiger partial charge in [0.05, 0.1) is 0 Å². The van der Waals surface area contributed by atoms with Gasteiger partial charge in [0.1, 0.15) is 11.6 Å². The van der Waals surface area contributed by atoms with E-state index in [2.05, 4.69) is 10.6 Å². The molecule has 4 amide bonds. The van der Waals surface area contributed by atoms with Crippen molar-refractivity contribution < 1.29 is 14.4 Å². The molecule has 146 valence electrons. The maximum atomic E-state index is 13.0. The number of amides is 4. The molecule has 0 radical (unpaired) electrons. The quantitative estimate of drug-likeness (QED) is 0.699. The largest absolute Gasteiger partial charge is 0.341 e. The van der Waals surface area contributed by atoms with Gasteiger partial charge in [0.2, 0.25) is 5.91 Å². The van der Waals surface area contributed by atoms with E-state index >= 15 is 0 Å². The minimum Gasteiger partial charge on any atom is -0.341 e. The van der Waals surface area contributed by atoms with Crippen LogP contribution in [0.2, 0.25) is 0 Å². The van der Waals surface area contributed by atoms with Crippen LogP contribution in [-0.4, -0.2) is 65.4 Å². The number of nitrogens with zero attached hydrogens (tertiary/aromatic N) is 2. The predicted octanol–water partition coefficient (Wildman–Crippen LogP) is 1.12. The van der Waals surface area contributed by atoms with Gasteiger partial charge in [-0.2, -0.15) is 0 Å². The zero-order chi connectivity index (χ0) is 17.6. The van der Waals surface area contributed by atoms with E-state index in [1.54, 1.807) is 6.92 Å². The Balaban J connectivity index is 0.00000196. The average molecular weight is 385 g/mol. The fourth-order valence-corrected chi connectivity index (χ4v) is 5.12. The fraction of sp³-hybridized carbons (Fsp3) is 0.833. The molecular formula is C18H29ClN4O3. The second-order valence-corrected chi connectivity index (χ2v) is 8.15. The molecule has 4 aliphatic rings. The minimum absolute atomic E-state index is 0. The van der Waals surface area contributed by atoms with Crippen LogP contribution < -0.4 is 10.6 Å². The Labute approximate surface area is 160 Å². The minimum atomic E-state index is -0.743. The molecule has 0 bridgehead atoms. The lowest BCUT2D eigenvalue weighted by Gasteiger charge is -2.29. The van der Waals surface area contributed by atoms with Crippen molar-refractivity contribution in [1.82, 2.24) is 20.4 Å². The van der Waals surface area contributed by atoms with E-state index < -0.39 is 17.6 Å².